The van der Waals surface area contributed by atoms with Crippen molar-refractivity contribution in [2.24, 2.45) is 0 Å². The quantitative estimate of drug-likeness (QED) is 0.277. The number of nitrogens with zero attached hydrogens (tertiary/aromatic N) is 2. The standard InChI is InChI=1S/C31H35Cl2N3O5S/c1-22(31(38)34-26-12-5-3-6-13-26)35(20-23-10-9-11-24(32)18-23)30(37)21-36(28-19-25(33)16-17-29(28)41-2)42(39,40)27-14-7-4-8-15-27/h4,7-11,14-19,22,26H,3,5-6,12-13,20-21H2,1-2H3,(H,34,38). The van der Waals surface area contributed by atoms with E-state index in [-0.39, 0.29) is 39.8 Å². The lowest BCUT2D eigenvalue weighted by Gasteiger charge is -2.33. The third-order valence-electron chi connectivity index (χ3n) is 7.38. The molecule has 0 bridgehead atoms. The highest BCUT2D eigenvalue weighted by molar-refractivity contribution is 7.92. The largest absolute Gasteiger partial charge is 0.495 e. The van der Waals surface area contributed by atoms with Crippen molar-refractivity contribution >= 4 is 50.7 Å². The maximum atomic E-state index is 14.1. The molecule has 42 heavy (non-hydrogen) atoms. The van der Waals surface area contributed by atoms with Gasteiger partial charge in [0.2, 0.25) is 11.8 Å². The second kappa shape index (κ2) is 14.3. The van der Waals surface area contributed by atoms with Crippen LogP contribution in [0.25, 0.3) is 0 Å². The SMILES string of the molecule is COc1ccc(Cl)cc1N(CC(=O)N(Cc1cccc(Cl)c1)C(C)C(=O)NC1CCCCC1)S(=O)(=O)c1ccccc1. The molecule has 1 fully saturated rings. The van der Waals surface area contributed by atoms with Crippen LogP contribution >= 0.6 is 23.2 Å². The number of halogens is 2. The van der Waals surface area contributed by atoms with E-state index in [9.17, 15) is 18.0 Å². The smallest absolute Gasteiger partial charge is 0.264 e. The van der Waals surface area contributed by atoms with E-state index in [1.807, 2.05) is 0 Å². The molecule has 0 saturated heterocycles. The van der Waals surface area contributed by atoms with Gasteiger partial charge in [0.05, 0.1) is 17.7 Å². The molecule has 1 saturated carbocycles. The van der Waals surface area contributed by atoms with Crippen LogP contribution in [-0.2, 0) is 26.2 Å². The van der Waals surface area contributed by atoms with Crippen molar-refractivity contribution in [1.29, 1.82) is 0 Å². The highest BCUT2D eigenvalue weighted by Crippen LogP contribution is 2.35. The van der Waals surface area contributed by atoms with Gasteiger partial charge in [-0.2, -0.15) is 0 Å². The van der Waals surface area contributed by atoms with Crippen LogP contribution in [0.1, 0.15) is 44.6 Å². The maximum Gasteiger partial charge on any atom is 0.264 e. The summed E-state index contributed by atoms with van der Waals surface area (Å²) in [4.78, 5) is 29.0. The zero-order valence-electron chi connectivity index (χ0n) is 23.6. The molecular weight excluding hydrogens is 597 g/mol. The molecule has 0 spiro atoms. The Morgan fingerprint density at radius 3 is 2.31 bits per heavy atom. The first-order valence-corrected chi connectivity index (χ1v) is 16.1. The van der Waals surface area contributed by atoms with E-state index >= 15 is 0 Å². The summed E-state index contributed by atoms with van der Waals surface area (Å²) in [6.07, 6.45) is 4.99. The molecule has 0 aliphatic heterocycles. The molecule has 1 atom stereocenters. The molecule has 1 aliphatic carbocycles. The predicted molar refractivity (Wildman–Crippen MR) is 165 cm³/mol. The molecule has 3 aromatic rings. The number of hydrogen-bond donors (Lipinski definition) is 1. The molecule has 4 rings (SSSR count). The van der Waals surface area contributed by atoms with Gasteiger partial charge < -0.3 is 15.0 Å². The van der Waals surface area contributed by atoms with Crippen LogP contribution in [0, 0.1) is 0 Å². The normalized spacial score (nSPS) is 14.6. The van der Waals surface area contributed by atoms with Crippen molar-refractivity contribution < 1.29 is 22.7 Å². The Balaban J connectivity index is 1.72. The van der Waals surface area contributed by atoms with Gasteiger partial charge >= 0.3 is 0 Å². The minimum atomic E-state index is -4.25. The lowest BCUT2D eigenvalue weighted by atomic mass is 9.95. The third kappa shape index (κ3) is 7.76. The van der Waals surface area contributed by atoms with Gasteiger partial charge in [0.15, 0.2) is 0 Å². The van der Waals surface area contributed by atoms with Gasteiger partial charge in [0.25, 0.3) is 10.0 Å². The number of anilines is 1. The van der Waals surface area contributed by atoms with Crippen LogP contribution in [-0.4, -0.2) is 50.9 Å². The molecule has 3 aromatic carbocycles. The van der Waals surface area contributed by atoms with E-state index < -0.39 is 28.5 Å². The summed E-state index contributed by atoms with van der Waals surface area (Å²) in [5, 5.41) is 3.84. The summed E-state index contributed by atoms with van der Waals surface area (Å²) in [6.45, 7) is 1.09. The third-order valence-corrected chi connectivity index (χ3v) is 9.62. The second-order valence-corrected chi connectivity index (χ2v) is 13.0. The molecule has 224 valence electrons. The number of hydrogen-bond acceptors (Lipinski definition) is 5. The van der Waals surface area contributed by atoms with Crippen molar-refractivity contribution in [3.05, 3.63) is 88.4 Å². The Morgan fingerprint density at radius 1 is 0.952 bits per heavy atom. The molecule has 2 amide bonds. The number of amides is 2. The molecular formula is C31H35Cl2N3O5S. The molecule has 8 nitrogen and oxygen atoms in total. The van der Waals surface area contributed by atoms with Crippen LogP contribution in [0.5, 0.6) is 5.75 Å². The van der Waals surface area contributed by atoms with Crippen LogP contribution in [0.2, 0.25) is 10.0 Å². The van der Waals surface area contributed by atoms with E-state index in [4.69, 9.17) is 27.9 Å². The number of benzene rings is 3. The van der Waals surface area contributed by atoms with Crippen molar-refractivity contribution in [3.63, 3.8) is 0 Å². The number of rotatable bonds is 11. The predicted octanol–water partition coefficient (Wildman–Crippen LogP) is 6.06. The molecule has 0 heterocycles. The fourth-order valence-corrected chi connectivity index (χ4v) is 6.89. The first-order chi connectivity index (χ1) is 20.1. The van der Waals surface area contributed by atoms with Crippen molar-refractivity contribution in [3.8, 4) is 5.75 Å². The number of sulfonamides is 1. The van der Waals surface area contributed by atoms with Gasteiger partial charge in [0.1, 0.15) is 18.3 Å². The molecule has 1 N–H and O–H groups in total. The highest BCUT2D eigenvalue weighted by Gasteiger charge is 2.34. The average Bonchev–Trinajstić information content (AvgIpc) is 2.99. The number of ether oxygens (including phenoxy) is 1. The van der Waals surface area contributed by atoms with Gasteiger partial charge in [0, 0.05) is 22.6 Å². The number of methoxy groups -OCH3 is 1. The second-order valence-electron chi connectivity index (χ2n) is 10.3. The minimum absolute atomic E-state index is 0.00990. The Bertz CT molecular complexity index is 1500. The highest BCUT2D eigenvalue weighted by atomic mass is 35.5. The molecule has 0 radical (unpaired) electrons. The van der Waals surface area contributed by atoms with E-state index in [1.54, 1.807) is 61.5 Å². The van der Waals surface area contributed by atoms with Crippen LogP contribution in [0.3, 0.4) is 0 Å². The lowest BCUT2D eigenvalue weighted by Crippen LogP contribution is -2.53. The Labute approximate surface area is 257 Å². The summed E-state index contributed by atoms with van der Waals surface area (Å²) >= 11 is 12.5. The van der Waals surface area contributed by atoms with Gasteiger partial charge in [-0.3, -0.25) is 13.9 Å². The molecule has 1 aliphatic rings. The average molecular weight is 633 g/mol. The van der Waals surface area contributed by atoms with Crippen molar-refractivity contribution in [2.45, 2.75) is 62.6 Å². The first-order valence-electron chi connectivity index (χ1n) is 13.9. The first kappa shape index (κ1) is 31.7. The zero-order chi connectivity index (χ0) is 30.3. The Hall–Kier alpha value is -3.27. The monoisotopic (exact) mass is 631 g/mol. The zero-order valence-corrected chi connectivity index (χ0v) is 26.0. The van der Waals surface area contributed by atoms with E-state index in [1.165, 1.54) is 30.2 Å². The molecule has 11 heteroatoms. The van der Waals surface area contributed by atoms with Crippen molar-refractivity contribution in [1.82, 2.24) is 10.2 Å². The number of carbonyl (C=O) groups excluding carboxylic acids is 2. The van der Waals surface area contributed by atoms with Crippen LogP contribution in [0.15, 0.2) is 77.7 Å². The lowest BCUT2D eigenvalue weighted by molar-refractivity contribution is -0.139. The van der Waals surface area contributed by atoms with E-state index in [0.29, 0.717) is 10.6 Å². The summed E-state index contributed by atoms with van der Waals surface area (Å²) in [6, 6.07) is 18.5. The maximum absolute atomic E-state index is 14.1. The summed E-state index contributed by atoms with van der Waals surface area (Å²) in [5.41, 5.74) is 0.801. The summed E-state index contributed by atoms with van der Waals surface area (Å²) < 4.78 is 34.4. The fourth-order valence-electron chi connectivity index (χ4n) is 5.07. The fraction of sp³-hybridized carbons (Fsp3) is 0.355. The number of nitrogens with one attached hydrogen (secondary N) is 1. The van der Waals surface area contributed by atoms with Crippen LogP contribution in [0.4, 0.5) is 5.69 Å². The van der Waals surface area contributed by atoms with Gasteiger partial charge in [-0.1, -0.05) is 72.8 Å². The summed E-state index contributed by atoms with van der Waals surface area (Å²) in [7, 11) is -2.85. The molecule has 0 aromatic heterocycles. The van der Waals surface area contributed by atoms with Gasteiger partial charge in [-0.05, 0) is 67.8 Å². The topological polar surface area (TPSA) is 96.0 Å². The van der Waals surface area contributed by atoms with E-state index in [2.05, 4.69) is 5.32 Å². The van der Waals surface area contributed by atoms with Gasteiger partial charge in [-0.15, -0.1) is 0 Å². The van der Waals surface area contributed by atoms with E-state index in [0.717, 1.165) is 36.4 Å². The minimum Gasteiger partial charge on any atom is -0.495 e. The molecule has 1 unspecified atom stereocenters. The van der Waals surface area contributed by atoms with Crippen LogP contribution < -0.4 is 14.4 Å². The number of carbonyl (C=O) groups is 2. The van der Waals surface area contributed by atoms with Crippen molar-refractivity contribution in [2.75, 3.05) is 18.0 Å². The summed E-state index contributed by atoms with van der Waals surface area (Å²) in [5.74, 6) is -0.658. The Morgan fingerprint density at radius 2 is 1.64 bits per heavy atom. The van der Waals surface area contributed by atoms with Gasteiger partial charge in [-0.25, -0.2) is 8.42 Å². The Kier molecular flexibility index (Phi) is 10.8.